The summed E-state index contributed by atoms with van der Waals surface area (Å²) in [5.74, 6) is 0. The van der Waals surface area contributed by atoms with Crippen molar-refractivity contribution in [3.63, 3.8) is 0 Å². The first-order valence-corrected chi connectivity index (χ1v) is 14.0. The molecule has 0 atom stereocenters. The SMILES string of the molecule is c1ccc([P+](c2ccccc2)(c2ccccc2)C2c3ccccc3CCc3ccccc32)cc1. The highest BCUT2D eigenvalue weighted by atomic mass is 31.2. The molecule has 0 saturated heterocycles. The van der Waals surface area contributed by atoms with Crippen LogP contribution in [0.15, 0.2) is 140 Å². The van der Waals surface area contributed by atoms with Crippen LogP contribution in [0.3, 0.4) is 0 Å². The van der Waals surface area contributed by atoms with Crippen molar-refractivity contribution >= 4 is 23.2 Å². The summed E-state index contributed by atoms with van der Waals surface area (Å²) in [5, 5.41) is 4.30. The number of rotatable bonds is 4. The van der Waals surface area contributed by atoms with Gasteiger partial charge in [0.25, 0.3) is 0 Å². The molecule has 6 rings (SSSR count). The lowest BCUT2D eigenvalue weighted by Gasteiger charge is -2.36. The zero-order chi connectivity index (χ0) is 22.8. The van der Waals surface area contributed by atoms with E-state index in [-0.39, 0.29) is 5.66 Å². The quantitative estimate of drug-likeness (QED) is 0.260. The van der Waals surface area contributed by atoms with Crippen molar-refractivity contribution in [3.8, 4) is 0 Å². The van der Waals surface area contributed by atoms with Crippen molar-refractivity contribution < 1.29 is 0 Å². The minimum absolute atomic E-state index is 0.259. The summed E-state index contributed by atoms with van der Waals surface area (Å²) in [5.41, 5.74) is 6.19. The molecule has 0 unspecified atom stereocenters. The highest BCUT2D eigenvalue weighted by Crippen LogP contribution is 2.70. The maximum Gasteiger partial charge on any atom is 0.134 e. The molecule has 1 aliphatic rings. The van der Waals surface area contributed by atoms with Gasteiger partial charge in [-0.05, 0) is 60.4 Å². The second kappa shape index (κ2) is 9.05. The fourth-order valence-corrected chi connectivity index (χ4v) is 10.8. The molecule has 0 spiro atoms. The molecule has 5 aromatic carbocycles. The third-order valence-corrected chi connectivity index (χ3v) is 11.9. The summed E-state index contributed by atoms with van der Waals surface area (Å²) in [6, 6.07) is 52.3. The second-order valence-electron chi connectivity index (χ2n) is 9.03. The number of fused-ring (bicyclic) bond motifs is 2. The van der Waals surface area contributed by atoms with Crippen molar-refractivity contribution in [1.82, 2.24) is 0 Å². The van der Waals surface area contributed by atoms with Gasteiger partial charge in [-0.15, -0.1) is 0 Å². The second-order valence-corrected chi connectivity index (χ2v) is 12.5. The fourth-order valence-electron chi connectivity index (χ4n) is 5.80. The van der Waals surface area contributed by atoms with Crippen molar-refractivity contribution in [3.05, 3.63) is 162 Å². The van der Waals surface area contributed by atoms with Crippen molar-refractivity contribution in [1.29, 1.82) is 0 Å². The molecule has 34 heavy (non-hydrogen) atoms. The van der Waals surface area contributed by atoms with Crippen LogP contribution in [0.25, 0.3) is 0 Å². The average Bonchev–Trinajstić information content (AvgIpc) is 3.09. The Morgan fingerprint density at radius 3 is 1.09 bits per heavy atom. The monoisotopic (exact) mass is 455 g/mol. The molecule has 0 aromatic heterocycles. The van der Waals surface area contributed by atoms with Crippen LogP contribution < -0.4 is 15.9 Å². The lowest BCUT2D eigenvalue weighted by atomic mass is 10.00. The van der Waals surface area contributed by atoms with Gasteiger partial charge in [-0.1, -0.05) is 103 Å². The molecule has 0 radical (unpaired) electrons. The van der Waals surface area contributed by atoms with Crippen molar-refractivity contribution in [2.24, 2.45) is 0 Å². The highest BCUT2D eigenvalue weighted by Gasteiger charge is 2.55. The zero-order valence-corrected chi connectivity index (χ0v) is 20.1. The number of hydrogen-bond donors (Lipinski definition) is 0. The summed E-state index contributed by atoms with van der Waals surface area (Å²) >= 11 is 0. The predicted octanol–water partition coefficient (Wildman–Crippen LogP) is 6.87. The van der Waals surface area contributed by atoms with Gasteiger partial charge in [-0.3, -0.25) is 0 Å². The van der Waals surface area contributed by atoms with E-state index in [1.807, 2.05) is 0 Å². The van der Waals surface area contributed by atoms with Gasteiger partial charge in [0.05, 0.1) is 0 Å². The van der Waals surface area contributed by atoms with E-state index in [2.05, 4.69) is 140 Å². The first-order chi connectivity index (χ1) is 16.9. The van der Waals surface area contributed by atoms with Crippen LogP contribution in [0.2, 0.25) is 0 Å². The van der Waals surface area contributed by atoms with Gasteiger partial charge in [0.1, 0.15) is 28.8 Å². The Morgan fingerprint density at radius 1 is 0.382 bits per heavy atom. The predicted molar refractivity (Wildman–Crippen MR) is 147 cm³/mol. The first kappa shape index (κ1) is 21.1. The molecule has 1 aliphatic carbocycles. The summed E-state index contributed by atoms with van der Waals surface area (Å²) in [7, 11) is -2.12. The van der Waals surface area contributed by atoms with E-state index >= 15 is 0 Å². The van der Waals surface area contributed by atoms with Gasteiger partial charge in [-0.25, -0.2) is 0 Å². The van der Waals surface area contributed by atoms with Gasteiger partial charge >= 0.3 is 0 Å². The summed E-state index contributed by atoms with van der Waals surface area (Å²) in [6.45, 7) is 0. The Balaban J connectivity index is 1.80. The molecule has 0 amide bonds. The molecule has 0 fully saturated rings. The Labute approximate surface area is 203 Å². The zero-order valence-electron chi connectivity index (χ0n) is 19.2. The maximum absolute atomic E-state index is 2.39. The average molecular weight is 456 g/mol. The molecule has 0 heterocycles. The Kier molecular flexibility index (Phi) is 5.61. The van der Waals surface area contributed by atoms with Gasteiger partial charge in [0, 0.05) is 11.1 Å². The molecular formula is C33H28P+. The summed E-state index contributed by atoms with van der Waals surface area (Å²) < 4.78 is 0. The standard InChI is InChI=1S/C33H28P/c1-4-16-28(17-5-1)34(29-18-6-2-7-19-29,30-20-8-3-9-21-30)33-31-22-12-10-14-26(31)24-25-27-15-11-13-23-32(27)33/h1-23,33H,24-25H2/q+1. The molecule has 1 heteroatoms. The topological polar surface area (TPSA) is 0 Å². The molecule has 0 saturated carbocycles. The normalized spacial score (nSPS) is 13.5. The number of aryl methyl sites for hydroxylation is 2. The smallest absolute Gasteiger partial charge is 0.0620 e. The van der Waals surface area contributed by atoms with Crippen LogP contribution in [-0.4, -0.2) is 0 Å². The molecule has 0 bridgehead atoms. The van der Waals surface area contributed by atoms with Crippen LogP contribution in [0.4, 0.5) is 0 Å². The molecular weight excluding hydrogens is 427 g/mol. The molecule has 0 nitrogen and oxygen atoms in total. The van der Waals surface area contributed by atoms with E-state index in [0.717, 1.165) is 12.8 Å². The molecule has 5 aromatic rings. The van der Waals surface area contributed by atoms with Gasteiger partial charge in [0.15, 0.2) is 0 Å². The van der Waals surface area contributed by atoms with Crippen molar-refractivity contribution in [2.45, 2.75) is 18.5 Å². The van der Waals surface area contributed by atoms with Gasteiger partial charge in [0.2, 0.25) is 0 Å². The van der Waals surface area contributed by atoms with E-state index < -0.39 is 7.26 Å². The third-order valence-electron chi connectivity index (χ3n) is 7.24. The van der Waals surface area contributed by atoms with E-state index in [0.29, 0.717) is 0 Å². The van der Waals surface area contributed by atoms with Crippen LogP contribution in [0, 0.1) is 0 Å². The minimum atomic E-state index is -2.12. The summed E-state index contributed by atoms with van der Waals surface area (Å²) in [4.78, 5) is 0. The van der Waals surface area contributed by atoms with E-state index in [4.69, 9.17) is 0 Å². The van der Waals surface area contributed by atoms with E-state index in [1.165, 1.54) is 38.2 Å². The highest BCUT2D eigenvalue weighted by molar-refractivity contribution is 7.96. The third kappa shape index (κ3) is 3.42. The van der Waals surface area contributed by atoms with E-state index in [1.54, 1.807) is 0 Å². The fraction of sp³-hybridized carbons (Fsp3) is 0.0909. The molecule has 0 aliphatic heterocycles. The van der Waals surface area contributed by atoms with Crippen molar-refractivity contribution in [2.75, 3.05) is 0 Å². The molecule has 0 N–H and O–H groups in total. The largest absolute Gasteiger partial charge is 0.134 e. The maximum atomic E-state index is 2.39. The van der Waals surface area contributed by atoms with Gasteiger partial charge < -0.3 is 0 Å². The summed E-state index contributed by atoms with van der Waals surface area (Å²) in [6.07, 6.45) is 2.17. The van der Waals surface area contributed by atoms with Crippen LogP contribution >= 0.6 is 7.26 Å². The Hall–Kier alpha value is -3.47. The van der Waals surface area contributed by atoms with Crippen LogP contribution in [0.5, 0.6) is 0 Å². The lowest BCUT2D eigenvalue weighted by Crippen LogP contribution is -2.36. The number of hydrogen-bond acceptors (Lipinski definition) is 0. The minimum Gasteiger partial charge on any atom is -0.0620 e. The van der Waals surface area contributed by atoms with E-state index in [9.17, 15) is 0 Å². The lowest BCUT2D eigenvalue weighted by molar-refractivity contribution is 0.965. The number of benzene rings is 5. The van der Waals surface area contributed by atoms with Crippen LogP contribution in [0.1, 0.15) is 27.9 Å². The van der Waals surface area contributed by atoms with Gasteiger partial charge in [-0.2, -0.15) is 0 Å². The Morgan fingerprint density at radius 2 is 0.706 bits per heavy atom. The molecule has 164 valence electrons. The first-order valence-electron chi connectivity index (χ1n) is 12.1. The Bertz CT molecular complexity index is 1250. The van der Waals surface area contributed by atoms with Crippen LogP contribution in [-0.2, 0) is 12.8 Å².